The summed E-state index contributed by atoms with van der Waals surface area (Å²) in [6.45, 7) is 6.92. The Balaban J connectivity index is 3.81. The van der Waals surface area contributed by atoms with Crippen molar-refractivity contribution in [2.75, 3.05) is 6.61 Å². The van der Waals surface area contributed by atoms with Crippen molar-refractivity contribution in [1.29, 1.82) is 0 Å². The highest BCUT2D eigenvalue weighted by Gasteiger charge is 1.96. The Bertz CT molecular complexity index is 117. The van der Waals surface area contributed by atoms with Gasteiger partial charge in [0.15, 0.2) is 0 Å². The molecule has 0 saturated carbocycles. The van der Waals surface area contributed by atoms with Crippen molar-refractivity contribution >= 4 is 0 Å². The molecule has 0 aromatic carbocycles. The minimum Gasteiger partial charge on any atom is -0.396 e. The third-order valence-corrected chi connectivity index (χ3v) is 1.88. The second-order valence-electron chi connectivity index (χ2n) is 3.72. The Morgan fingerprint density at radius 3 is 2.42 bits per heavy atom. The summed E-state index contributed by atoms with van der Waals surface area (Å²) in [6.07, 6.45) is 6.64. The second kappa shape index (κ2) is 7.35. The summed E-state index contributed by atoms with van der Waals surface area (Å²) in [6, 6.07) is 0. The SMILES string of the molecule is CCC/C(=C\CC(C)C)CCO. The molecule has 0 bridgehead atoms. The van der Waals surface area contributed by atoms with Crippen LogP contribution < -0.4 is 0 Å². The third-order valence-electron chi connectivity index (χ3n) is 1.88. The van der Waals surface area contributed by atoms with Gasteiger partial charge < -0.3 is 5.11 Å². The van der Waals surface area contributed by atoms with Crippen molar-refractivity contribution in [1.82, 2.24) is 0 Å². The van der Waals surface area contributed by atoms with Crippen LogP contribution in [0, 0.1) is 5.92 Å². The van der Waals surface area contributed by atoms with Gasteiger partial charge in [-0.1, -0.05) is 38.8 Å². The lowest BCUT2D eigenvalue weighted by Gasteiger charge is -2.05. The topological polar surface area (TPSA) is 20.2 Å². The molecule has 0 amide bonds. The molecule has 0 aromatic heterocycles. The minimum atomic E-state index is 0.296. The Hall–Kier alpha value is -0.300. The Morgan fingerprint density at radius 2 is 2.00 bits per heavy atom. The zero-order valence-electron chi connectivity index (χ0n) is 8.64. The van der Waals surface area contributed by atoms with Gasteiger partial charge in [0, 0.05) is 6.61 Å². The van der Waals surface area contributed by atoms with Gasteiger partial charge in [0.05, 0.1) is 0 Å². The molecule has 0 spiro atoms. The predicted molar refractivity (Wildman–Crippen MR) is 54.1 cm³/mol. The Kier molecular flexibility index (Phi) is 7.17. The lowest BCUT2D eigenvalue weighted by molar-refractivity contribution is 0.297. The maximum Gasteiger partial charge on any atom is 0.0468 e. The van der Waals surface area contributed by atoms with E-state index in [-0.39, 0.29) is 0 Å². The molecule has 0 aliphatic carbocycles. The number of aliphatic hydroxyl groups is 1. The molecule has 72 valence electrons. The van der Waals surface area contributed by atoms with E-state index in [0.717, 1.165) is 25.2 Å². The van der Waals surface area contributed by atoms with Crippen LogP contribution in [-0.2, 0) is 0 Å². The van der Waals surface area contributed by atoms with Crippen LogP contribution in [0.2, 0.25) is 0 Å². The molecule has 0 rings (SSSR count). The summed E-state index contributed by atoms with van der Waals surface area (Å²) < 4.78 is 0. The van der Waals surface area contributed by atoms with Crippen LogP contribution in [0.3, 0.4) is 0 Å². The number of hydrogen-bond donors (Lipinski definition) is 1. The molecule has 12 heavy (non-hydrogen) atoms. The molecule has 0 unspecified atom stereocenters. The van der Waals surface area contributed by atoms with Crippen molar-refractivity contribution in [3.05, 3.63) is 11.6 Å². The monoisotopic (exact) mass is 170 g/mol. The van der Waals surface area contributed by atoms with Crippen molar-refractivity contribution in [2.24, 2.45) is 5.92 Å². The minimum absolute atomic E-state index is 0.296. The van der Waals surface area contributed by atoms with Gasteiger partial charge in [-0.05, 0) is 25.2 Å². The molecular weight excluding hydrogens is 148 g/mol. The largest absolute Gasteiger partial charge is 0.396 e. The highest BCUT2D eigenvalue weighted by Crippen LogP contribution is 2.12. The molecule has 0 aliphatic rings. The molecule has 0 fully saturated rings. The van der Waals surface area contributed by atoms with Gasteiger partial charge in [-0.25, -0.2) is 0 Å². The van der Waals surface area contributed by atoms with Gasteiger partial charge in [-0.2, -0.15) is 0 Å². The maximum absolute atomic E-state index is 8.79. The highest BCUT2D eigenvalue weighted by atomic mass is 16.2. The predicted octanol–water partition coefficient (Wildman–Crippen LogP) is 3.14. The molecule has 0 aliphatic heterocycles. The zero-order chi connectivity index (χ0) is 9.40. The first-order chi connectivity index (χ1) is 5.70. The van der Waals surface area contributed by atoms with Crippen LogP contribution in [0.4, 0.5) is 0 Å². The van der Waals surface area contributed by atoms with Crippen molar-refractivity contribution in [3.63, 3.8) is 0 Å². The average Bonchev–Trinajstić information content (AvgIpc) is 2.01. The molecule has 0 saturated heterocycles. The fourth-order valence-corrected chi connectivity index (χ4v) is 1.20. The molecule has 1 N–H and O–H groups in total. The molecule has 1 nitrogen and oxygen atoms in total. The first-order valence-corrected chi connectivity index (χ1v) is 4.99. The van der Waals surface area contributed by atoms with E-state index in [1.165, 1.54) is 12.0 Å². The van der Waals surface area contributed by atoms with Crippen LogP contribution in [0.1, 0.15) is 46.5 Å². The summed E-state index contributed by atoms with van der Waals surface area (Å²) in [5.41, 5.74) is 1.42. The summed E-state index contributed by atoms with van der Waals surface area (Å²) in [5, 5.41) is 8.79. The van der Waals surface area contributed by atoms with Crippen molar-refractivity contribution in [2.45, 2.75) is 46.5 Å². The number of aliphatic hydroxyl groups excluding tert-OH is 1. The number of allylic oxidation sites excluding steroid dienone is 1. The third kappa shape index (κ3) is 6.41. The first kappa shape index (κ1) is 11.7. The summed E-state index contributed by atoms with van der Waals surface area (Å²) in [5.74, 6) is 0.732. The maximum atomic E-state index is 8.79. The van der Waals surface area contributed by atoms with Gasteiger partial charge in [0.2, 0.25) is 0 Å². The first-order valence-electron chi connectivity index (χ1n) is 4.99. The van der Waals surface area contributed by atoms with Gasteiger partial charge >= 0.3 is 0 Å². The smallest absolute Gasteiger partial charge is 0.0468 e. The van der Waals surface area contributed by atoms with Crippen molar-refractivity contribution in [3.8, 4) is 0 Å². The molecule has 0 atom stereocenters. The average molecular weight is 170 g/mol. The molecule has 0 heterocycles. The summed E-state index contributed by atoms with van der Waals surface area (Å²) in [4.78, 5) is 0. The van der Waals surface area contributed by atoms with E-state index in [2.05, 4.69) is 26.8 Å². The van der Waals surface area contributed by atoms with E-state index in [9.17, 15) is 0 Å². The van der Waals surface area contributed by atoms with E-state index in [0.29, 0.717) is 6.61 Å². The zero-order valence-corrected chi connectivity index (χ0v) is 8.64. The Morgan fingerprint density at radius 1 is 1.33 bits per heavy atom. The van der Waals surface area contributed by atoms with Crippen LogP contribution in [0.15, 0.2) is 11.6 Å². The van der Waals surface area contributed by atoms with Gasteiger partial charge in [0.1, 0.15) is 0 Å². The van der Waals surface area contributed by atoms with Crippen LogP contribution in [-0.4, -0.2) is 11.7 Å². The van der Waals surface area contributed by atoms with E-state index in [4.69, 9.17) is 5.11 Å². The molecule has 0 radical (unpaired) electrons. The lowest BCUT2D eigenvalue weighted by atomic mass is 10.0. The van der Waals surface area contributed by atoms with Crippen LogP contribution in [0.25, 0.3) is 0 Å². The van der Waals surface area contributed by atoms with Crippen molar-refractivity contribution < 1.29 is 5.11 Å². The van der Waals surface area contributed by atoms with E-state index < -0.39 is 0 Å². The fourth-order valence-electron chi connectivity index (χ4n) is 1.20. The van der Waals surface area contributed by atoms with E-state index >= 15 is 0 Å². The summed E-state index contributed by atoms with van der Waals surface area (Å²) >= 11 is 0. The van der Waals surface area contributed by atoms with E-state index in [1.54, 1.807) is 0 Å². The van der Waals surface area contributed by atoms with Crippen LogP contribution in [0.5, 0.6) is 0 Å². The summed E-state index contributed by atoms with van der Waals surface area (Å²) in [7, 11) is 0. The number of hydrogen-bond acceptors (Lipinski definition) is 1. The normalized spacial score (nSPS) is 12.6. The van der Waals surface area contributed by atoms with E-state index in [1.807, 2.05) is 0 Å². The molecule has 1 heteroatoms. The number of rotatable bonds is 6. The van der Waals surface area contributed by atoms with Crippen LogP contribution >= 0.6 is 0 Å². The lowest BCUT2D eigenvalue weighted by Crippen LogP contribution is -1.91. The van der Waals surface area contributed by atoms with Gasteiger partial charge in [-0.15, -0.1) is 0 Å². The standard InChI is InChI=1S/C11H22O/c1-4-5-11(8-9-12)7-6-10(2)3/h7,10,12H,4-6,8-9H2,1-3H3/b11-7+. The van der Waals surface area contributed by atoms with Gasteiger partial charge in [0.25, 0.3) is 0 Å². The quantitative estimate of drug-likeness (QED) is 0.607. The van der Waals surface area contributed by atoms with Gasteiger partial charge in [-0.3, -0.25) is 0 Å². The second-order valence-corrected chi connectivity index (χ2v) is 3.72. The molecular formula is C11H22O. The highest BCUT2D eigenvalue weighted by molar-refractivity contribution is 5.01. The molecule has 0 aromatic rings. The fraction of sp³-hybridized carbons (Fsp3) is 0.818. The Labute approximate surface area is 76.5 Å².